The van der Waals surface area contributed by atoms with E-state index in [0.29, 0.717) is 5.02 Å². The van der Waals surface area contributed by atoms with E-state index in [1.807, 2.05) is 6.07 Å². The minimum atomic E-state index is 0.184. The molecule has 1 aliphatic rings. The number of benzene rings is 1. The fraction of sp³-hybridized carbons (Fsp3) is 0.333. The summed E-state index contributed by atoms with van der Waals surface area (Å²) in [6.07, 6.45) is 0.950. The number of phenols is 1. The lowest BCUT2D eigenvalue weighted by Crippen LogP contribution is -2.21. The minimum absolute atomic E-state index is 0.184. The zero-order valence-corrected chi connectivity index (χ0v) is 9.27. The first kappa shape index (κ1) is 9.31. The first-order chi connectivity index (χ1) is 6.16. The van der Waals surface area contributed by atoms with E-state index >= 15 is 0 Å². The topological polar surface area (TPSA) is 23.5 Å². The number of phenolic OH excluding ortho intramolecular Hbond substituents is 1. The van der Waals surface area contributed by atoms with Crippen LogP contribution in [-0.4, -0.2) is 15.6 Å². The van der Waals surface area contributed by atoms with Gasteiger partial charge < -0.3 is 5.11 Å². The van der Waals surface area contributed by atoms with Gasteiger partial charge in [0.1, 0.15) is 5.75 Å². The Hall–Kier alpha value is -0.250. The molecule has 4 heteroatoms. The number of fused-ring (bicyclic) bond motifs is 1. The second-order valence-corrected chi connectivity index (χ2v) is 4.58. The summed E-state index contributed by atoms with van der Waals surface area (Å²) in [5.41, 5.74) is 2.38. The van der Waals surface area contributed by atoms with Crippen molar-refractivity contribution in [2.75, 3.05) is 6.54 Å². The van der Waals surface area contributed by atoms with Crippen LogP contribution in [-0.2, 0) is 13.0 Å². The molecule has 0 atom stereocenters. The molecular weight excluding hydrogens is 253 g/mol. The fourth-order valence-electron chi connectivity index (χ4n) is 1.53. The van der Waals surface area contributed by atoms with Crippen molar-refractivity contribution < 1.29 is 5.11 Å². The van der Waals surface area contributed by atoms with Crippen molar-refractivity contribution in [3.05, 3.63) is 28.3 Å². The minimum Gasteiger partial charge on any atom is -0.506 e. The highest BCUT2D eigenvalue weighted by Gasteiger charge is 2.15. The molecule has 0 spiro atoms. The number of hydrogen-bond donors (Lipinski definition) is 1. The number of hydrogen-bond acceptors (Lipinski definition) is 2. The molecule has 0 unspecified atom stereocenters. The second kappa shape index (κ2) is 3.48. The van der Waals surface area contributed by atoms with Gasteiger partial charge in [0.25, 0.3) is 0 Å². The molecule has 0 saturated carbocycles. The fourth-order valence-corrected chi connectivity index (χ4v) is 2.17. The predicted molar refractivity (Wildman–Crippen MR) is 56.2 cm³/mol. The maximum Gasteiger partial charge on any atom is 0.134 e. The standard InChI is InChI=1S/C9H9BrClNO/c10-12-2-1-6-4-9(13)8(11)3-7(6)5-12/h3-4,13H,1-2,5H2. The van der Waals surface area contributed by atoms with E-state index in [-0.39, 0.29) is 5.75 Å². The van der Waals surface area contributed by atoms with Gasteiger partial charge in [-0.15, -0.1) is 0 Å². The van der Waals surface area contributed by atoms with Crippen LogP contribution in [0.5, 0.6) is 5.75 Å². The number of halogens is 2. The lowest BCUT2D eigenvalue weighted by molar-refractivity contribution is 0.450. The molecule has 0 aliphatic carbocycles. The van der Waals surface area contributed by atoms with Gasteiger partial charge in [0.15, 0.2) is 0 Å². The Labute approximate surface area is 90.5 Å². The Balaban J connectivity index is 2.43. The maximum absolute atomic E-state index is 9.38. The van der Waals surface area contributed by atoms with Crippen molar-refractivity contribution in [2.45, 2.75) is 13.0 Å². The Morgan fingerprint density at radius 1 is 1.38 bits per heavy atom. The Bertz CT molecular complexity index is 343. The largest absolute Gasteiger partial charge is 0.506 e. The normalized spacial score (nSPS) is 17.1. The predicted octanol–water partition coefficient (Wildman–Crippen LogP) is 2.71. The summed E-state index contributed by atoms with van der Waals surface area (Å²) in [7, 11) is 0. The average molecular weight is 263 g/mol. The van der Waals surface area contributed by atoms with Crippen molar-refractivity contribution in [3.63, 3.8) is 0 Å². The highest BCUT2D eigenvalue weighted by Crippen LogP contribution is 2.30. The summed E-state index contributed by atoms with van der Waals surface area (Å²) in [6.45, 7) is 1.81. The van der Waals surface area contributed by atoms with Crippen molar-refractivity contribution in [2.24, 2.45) is 0 Å². The van der Waals surface area contributed by atoms with Crippen LogP contribution < -0.4 is 0 Å². The van der Waals surface area contributed by atoms with E-state index in [4.69, 9.17) is 11.6 Å². The third-order valence-electron chi connectivity index (χ3n) is 2.23. The van der Waals surface area contributed by atoms with Gasteiger partial charge in [-0.3, -0.25) is 0 Å². The van der Waals surface area contributed by atoms with Crippen molar-refractivity contribution in [1.29, 1.82) is 0 Å². The van der Waals surface area contributed by atoms with Gasteiger partial charge in [-0.1, -0.05) is 11.6 Å². The summed E-state index contributed by atoms with van der Waals surface area (Å²) in [5.74, 6) is 0.184. The third kappa shape index (κ3) is 1.82. The van der Waals surface area contributed by atoms with Crippen LogP contribution in [0, 0.1) is 0 Å². The smallest absolute Gasteiger partial charge is 0.134 e. The van der Waals surface area contributed by atoms with Gasteiger partial charge >= 0.3 is 0 Å². The van der Waals surface area contributed by atoms with Crippen LogP contribution in [0.1, 0.15) is 11.1 Å². The molecule has 1 aliphatic heterocycles. The molecule has 1 aromatic carbocycles. The van der Waals surface area contributed by atoms with Gasteiger partial charge in [-0.2, -0.15) is 0 Å². The molecule has 0 fully saturated rings. The van der Waals surface area contributed by atoms with E-state index < -0.39 is 0 Å². The van der Waals surface area contributed by atoms with E-state index in [1.165, 1.54) is 11.1 Å². The maximum atomic E-state index is 9.38. The summed E-state index contributed by atoms with van der Waals surface area (Å²) in [5, 5.41) is 9.82. The highest BCUT2D eigenvalue weighted by molar-refractivity contribution is 9.07. The molecule has 0 aromatic heterocycles. The first-order valence-corrected chi connectivity index (χ1v) is 5.16. The monoisotopic (exact) mass is 261 g/mol. The molecule has 2 rings (SSSR count). The van der Waals surface area contributed by atoms with Gasteiger partial charge in [-0.25, -0.2) is 3.93 Å². The molecule has 2 nitrogen and oxygen atoms in total. The molecule has 0 saturated heterocycles. The molecule has 0 amide bonds. The van der Waals surface area contributed by atoms with Crippen molar-refractivity contribution in [1.82, 2.24) is 3.93 Å². The molecule has 70 valence electrons. The van der Waals surface area contributed by atoms with E-state index in [9.17, 15) is 5.11 Å². The van der Waals surface area contributed by atoms with Crippen LogP contribution in [0.3, 0.4) is 0 Å². The van der Waals surface area contributed by atoms with Crippen molar-refractivity contribution in [3.8, 4) is 5.75 Å². The number of nitrogens with zero attached hydrogens (tertiary/aromatic N) is 1. The van der Waals surface area contributed by atoms with E-state index in [1.54, 1.807) is 6.07 Å². The number of aromatic hydroxyl groups is 1. The van der Waals surface area contributed by atoms with Gasteiger partial charge in [-0.05, 0) is 29.7 Å². The summed E-state index contributed by atoms with van der Waals surface area (Å²) in [6, 6.07) is 3.59. The van der Waals surface area contributed by atoms with Gasteiger partial charge in [0.05, 0.1) is 5.02 Å². The van der Waals surface area contributed by atoms with E-state index in [0.717, 1.165) is 19.5 Å². The molecule has 1 aromatic rings. The summed E-state index contributed by atoms with van der Waals surface area (Å²) in [4.78, 5) is 0. The SMILES string of the molecule is Oc1cc2c(cc1Cl)CN(Br)CC2. The van der Waals surface area contributed by atoms with Crippen LogP contribution in [0.25, 0.3) is 0 Å². The first-order valence-electron chi connectivity index (χ1n) is 4.08. The molecular formula is C9H9BrClNO. The Morgan fingerprint density at radius 2 is 2.15 bits per heavy atom. The zero-order valence-electron chi connectivity index (χ0n) is 6.93. The van der Waals surface area contributed by atoms with Crippen LogP contribution in [0.2, 0.25) is 5.02 Å². The number of rotatable bonds is 0. The molecule has 0 bridgehead atoms. The van der Waals surface area contributed by atoms with Crippen LogP contribution in [0.15, 0.2) is 12.1 Å². The Morgan fingerprint density at radius 3 is 2.92 bits per heavy atom. The van der Waals surface area contributed by atoms with Crippen LogP contribution in [0.4, 0.5) is 0 Å². The molecule has 1 N–H and O–H groups in total. The Kier molecular flexibility index (Phi) is 2.49. The second-order valence-electron chi connectivity index (χ2n) is 3.17. The summed E-state index contributed by atoms with van der Waals surface area (Å²) >= 11 is 9.24. The average Bonchev–Trinajstić information content (AvgIpc) is 2.08. The van der Waals surface area contributed by atoms with Crippen molar-refractivity contribution >= 4 is 27.7 Å². The molecule has 0 radical (unpaired) electrons. The van der Waals surface area contributed by atoms with Crippen LogP contribution >= 0.6 is 27.7 Å². The third-order valence-corrected chi connectivity index (χ3v) is 3.14. The van der Waals surface area contributed by atoms with Gasteiger partial charge in [0.2, 0.25) is 0 Å². The lowest BCUT2D eigenvalue weighted by Gasteiger charge is -2.23. The quantitative estimate of drug-likeness (QED) is 0.727. The molecule has 1 heterocycles. The summed E-state index contributed by atoms with van der Waals surface area (Å²) < 4.78 is 2.06. The lowest BCUT2D eigenvalue weighted by atomic mass is 10.0. The molecule has 13 heavy (non-hydrogen) atoms. The van der Waals surface area contributed by atoms with Gasteiger partial charge in [0, 0.05) is 29.2 Å². The highest BCUT2D eigenvalue weighted by atomic mass is 79.9. The van der Waals surface area contributed by atoms with E-state index in [2.05, 4.69) is 20.1 Å². The zero-order chi connectivity index (χ0) is 9.42.